The van der Waals surface area contributed by atoms with Crippen LogP contribution >= 0.6 is 15.9 Å². The minimum Gasteiger partial charge on any atom is -0.312 e. The minimum absolute atomic E-state index is 0.0197. The Hall–Kier alpha value is -1.41. The van der Waals surface area contributed by atoms with E-state index < -0.39 is 17.5 Å². The van der Waals surface area contributed by atoms with Gasteiger partial charge in [0.1, 0.15) is 11.6 Å². The zero-order valence-electron chi connectivity index (χ0n) is 6.77. The lowest BCUT2D eigenvalue weighted by Gasteiger charge is -2.03. The van der Waals surface area contributed by atoms with E-state index in [4.69, 9.17) is 6.42 Å². The van der Waals surface area contributed by atoms with Crippen molar-refractivity contribution >= 4 is 27.5 Å². The van der Waals surface area contributed by atoms with Crippen molar-refractivity contribution < 1.29 is 13.6 Å². The topological polar surface area (TPSA) is 29.1 Å². The Morgan fingerprint density at radius 1 is 1.43 bits per heavy atom. The van der Waals surface area contributed by atoms with Gasteiger partial charge in [0, 0.05) is 6.07 Å². The number of hydrogen-bond donors (Lipinski definition) is 1. The van der Waals surface area contributed by atoms with E-state index in [1.54, 1.807) is 5.92 Å². The van der Waals surface area contributed by atoms with Crippen LogP contribution in [0.25, 0.3) is 0 Å². The van der Waals surface area contributed by atoms with Gasteiger partial charge in [-0.25, -0.2) is 8.78 Å². The van der Waals surface area contributed by atoms with Crippen molar-refractivity contribution in [1.29, 1.82) is 0 Å². The van der Waals surface area contributed by atoms with Crippen molar-refractivity contribution in [2.45, 2.75) is 0 Å². The monoisotopic (exact) mass is 259 g/mol. The minimum atomic E-state index is -0.828. The van der Waals surface area contributed by atoms with E-state index in [-0.39, 0.29) is 10.2 Å². The fourth-order valence-electron chi connectivity index (χ4n) is 0.777. The summed E-state index contributed by atoms with van der Waals surface area (Å²) in [4.78, 5) is 10.7. The largest absolute Gasteiger partial charge is 0.312 e. The first kappa shape index (κ1) is 10.7. The Bertz CT molecular complexity index is 426. The molecule has 0 spiro atoms. The lowest BCUT2D eigenvalue weighted by molar-refractivity contribution is -0.111. The van der Waals surface area contributed by atoms with E-state index >= 15 is 0 Å². The van der Waals surface area contributed by atoms with Crippen LogP contribution in [0.4, 0.5) is 14.5 Å². The molecular formula is C9H4BrF2NO. The maximum Gasteiger partial charge on any atom is 0.300 e. The van der Waals surface area contributed by atoms with E-state index in [1.165, 1.54) is 0 Å². The lowest BCUT2D eigenvalue weighted by atomic mass is 10.3. The summed E-state index contributed by atoms with van der Waals surface area (Å²) >= 11 is 2.80. The number of benzene rings is 1. The Kier molecular flexibility index (Phi) is 3.20. The SMILES string of the molecule is C#CC(=O)Nc1cc(F)c(Br)cc1F. The lowest BCUT2D eigenvalue weighted by Crippen LogP contribution is -2.09. The van der Waals surface area contributed by atoms with Gasteiger partial charge in [0.2, 0.25) is 0 Å². The molecule has 2 nitrogen and oxygen atoms in total. The van der Waals surface area contributed by atoms with E-state index in [2.05, 4.69) is 15.9 Å². The fourth-order valence-corrected chi connectivity index (χ4v) is 1.09. The van der Waals surface area contributed by atoms with Gasteiger partial charge < -0.3 is 5.32 Å². The van der Waals surface area contributed by atoms with Crippen LogP contribution in [0.2, 0.25) is 0 Å². The summed E-state index contributed by atoms with van der Waals surface area (Å²) in [7, 11) is 0. The van der Waals surface area contributed by atoms with E-state index in [0.717, 1.165) is 12.1 Å². The number of anilines is 1. The van der Waals surface area contributed by atoms with Crippen molar-refractivity contribution in [3.05, 3.63) is 28.2 Å². The molecule has 0 aliphatic rings. The Labute approximate surface area is 87.4 Å². The number of hydrogen-bond acceptors (Lipinski definition) is 1. The van der Waals surface area contributed by atoms with Crippen LogP contribution in [0, 0.1) is 24.0 Å². The Morgan fingerprint density at radius 3 is 2.64 bits per heavy atom. The number of carbonyl (C=O) groups excluding carboxylic acids is 1. The van der Waals surface area contributed by atoms with Crippen molar-refractivity contribution in [1.82, 2.24) is 0 Å². The number of rotatable bonds is 1. The van der Waals surface area contributed by atoms with Gasteiger partial charge in [0.15, 0.2) is 0 Å². The Balaban J connectivity index is 3.05. The van der Waals surface area contributed by atoms with Crippen LogP contribution in [0.1, 0.15) is 0 Å². The van der Waals surface area contributed by atoms with Gasteiger partial charge >= 0.3 is 0 Å². The first-order valence-corrected chi connectivity index (χ1v) is 4.26. The van der Waals surface area contributed by atoms with Gasteiger partial charge in [0.05, 0.1) is 10.2 Å². The third-order valence-corrected chi connectivity index (χ3v) is 2.00. The molecule has 1 amide bonds. The summed E-state index contributed by atoms with van der Waals surface area (Å²) in [5.74, 6) is -0.548. The van der Waals surface area contributed by atoms with Gasteiger partial charge in [-0.15, -0.1) is 6.42 Å². The molecular weight excluding hydrogens is 256 g/mol. The zero-order chi connectivity index (χ0) is 10.7. The highest BCUT2D eigenvalue weighted by Gasteiger charge is 2.09. The smallest absolute Gasteiger partial charge is 0.300 e. The second-order valence-electron chi connectivity index (χ2n) is 2.34. The molecule has 1 aromatic rings. The number of amides is 1. The number of terminal acetylenes is 1. The summed E-state index contributed by atoms with van der Waals surface area (Å²) in [6.45, 7) is 0. The fraction of sp³-hybridized carbons (Fsp3) is 0. The van der Waals surface area contributed by atoms with Crippen LogP contribution in [-0.2, 0) is 4.79 Å². The molecule has 0 saturated carbocycles. The molecule has 0 unspecified atom stereocenters. The average molecular weight is 260 g/mol. The van der Waals surface area contributed by atoms with Gasteiger partial charge in [-0.1, -0.05) is 0 Å². The molecule has 0 aromatic heterocycles. The predicted octanol–water partition coefficient (Wildman–Crippen LogP) is 2.30. The number of nitrogens with one attached hydrogen (secondary N) is 1. The van der Waals surface area contributed by atoms with Crippen LogP contribution in [0.5, 0.6) is 0 Å². The molecule has 0 atom stereocenters. The second-order valence-corrected chi connectivity index (χ2v) is 3.20. The van der Waals surface area contributed by atoms with Gasteiger partial charge in [0.25, 0.3) is 5.91 Å². The molecule has 0 bridgehead atoms. The summed E-state index contributed by atoms with van der Waals surface area (Å²) in [5, 5.41) is 2.02. The third kappa shape index (κ3) is 2.30. The summed E-state index contributed by atoms with van der Waals surface area (Å²) in [6, 6.07) is 1.75. The van der Waals surface area contributed by atoms with Crippen LogP contribution in [0.15, 0.2) is 16.6 Å². The highest BCUT2D eigenvalue weighted by Crippen LogP contribution is 2.23. The third-order valence-electron chi connectivity index (χ3n) is 1.39. The van der Waals surface area contributed by atoms with E-state index in [9.17, 15) is 13.6 Å². The molecule has 0 fully saturated rings. The second kappa shape index (κ2) is 4.20. The summed E-state index contributed by atoms with van der Waals surface area (Å²) in [5.41, 5.74) is -0.284. The molecule has 0 heterocycles. The van der Waals surface area contributed by atoms with Gasteiger partial charge in [-0.05, 0) is 27.9 Å². The van der Waals surface area contributed by atoms with Crippen LogP contribution in [-0.4, -0.2) is 5.91 Å². The molecule has 0 radical (unpaired) electrons. The maximum absolute atomic E-state index is 13.0. The normalized spacial score (nSPS) is 9.29. The average Bonchev–Trinajstić information content (AvgIpc) is 2.14. The summed E-state index contributed by atoms with van der Waals surface area (Å²) in [6.07, 6.45) is 4.75. The van der Waals surface area contributed by atoms with Crippen LogP contribution in [0.3, 0.4) is 0 Å². The molecule has 72 valence electrons. The molecule has 1 N–H and O–H groups in total. The summed E-state index contributed by atoms with van der Waals surface area (Å²) < 4.78 is 25.9. The van der Waals surface area contributed by atoms with Gasteiger partial charge in [-0.3, -0.25) is 4.79 Å². The standard InChI is InChI=1S/C9H4BrF2NO/c1-2-9(14)13-8-4-6(11)5(10)3-7(8)12/h1,3-4H,(H,13,14). The Morgan fingerprint density at radius 2 is 2.07 bits per heavy atom. The molecule has 1 rings (SSSR count). The van der Waals surface area contributed by atoms with E-state index in [0.29, 0.717) is 0 Å². The quantitative estimate of drug-likeness (QED) is 0.609. The predicted molar refractivity (Wildman–Crippen MR) is 51.5 cm³/mol. The van der Waals surface area contributed by atoms with Crippen molar-refractivity contribution in [3.8, 4) is 12.3 Å². The first-order chi connectivity index (χ1) is 6.54. The molecule has 0 aliphatic carbocycles. The number of halogens is 3. The van der Waals surface area contributed by atoms with Gasteiger partial charge in [-0.2, -0.15) is 0 Å². The van der Waals surface area contributed by atoms with Crippen molar-refractivity contribution in [2.75, 3.05) is 5.32 Å². The molecule has 14 heavy (non-hydrogen) atoms. The molecule has 0 saturated heterocycles. The number of carbonyl (C=O) groups is 1. The highest BCUT2D eigenvalue weighted by molar-refractivity contribution is 9.10. The van der Waals surface area contributed by atoms with E-state index in [1.807, 2.05) is 5.32 Å². The van der Waals surface area contributed by atoms with Crippen LogP contribution < -0.4 is 5.32 Å². The molecule has 5 heteroatoms. The molecule has 1 aromatic carbocycles. The zero-order valence-corrected chi connectivity index (χ0v) is 8.36. The van der Waals surface area contributed by atoms with Crippen molar-refractivity contribution in [3.63, 3.8) is 0 Å². The molecule has 0 aliphatic heterocycles. The first-order valence-electron chi connectivity index (χ1n) is 3.46. The highest BCUT2D eigenvalue weighted by atomic mass is 79.9. The van der Waals surface area contributed by atoms with Crippen molar-refractivity contribution in [2.24, 2.45) is 0 Å². The maximum atomic E-state index is 13.0.